The Hall–Kier alpha value is -1.52. The molecule has 69 heavy (non-hydrogen) atoms. The van der Waals surface area contributed by atoms with Gasteiger partial charge in [-0.15, -0.1) is 0 Å². The van der Waals surface area contributed by atoms with Gasteiger partial charge in [0.25, 0.3) is 0 Å². The molecule has 0 N–H and O–H groups in total. The smallest absolute Gasteiger partial charge is 0.744 e. The SMILES string of the molecule is CCCCCCCCCCc1cc2ccccc2c(CCCCCCCCCC)c1S(=O)(=O)[O-].CCCCCCCCCCc1cc2ccccc2c(CCCCCCCCCC)c1S(=O)(=O)[O-].[Ca+2]. The Morgan fingerprint density at radius 2 is 0.565 bits per heavy atom. The van der Waals surface area contributed by atoms with E-state index in [1.807, 2.05) is 60.7 Å². The second-order valence-corrected chi connectivity index (χ2v) is 22.6. The Morgan fingerprint density at radius 3 is 0.826 bits per heavy atom. The quantitative estimate of drug-likeness (QED) is 0.0251. The molecular weight excluding hydrogens is 921 g/mol. The van der Waals surface area contributed by atoms with E-state index >= 15 is 0 Å². The standard InChI is InChI=1S/2C30H48O3S.Ca/c2*1-3-5-7-9-11-13-15-17-22-27-25-26-21-19-20-23-28(26)29(30(27)34(31,32)33)24-18-16-14-12-10-8-6-4-2;/h2*19-21,23,25H,3-18,22,24H2,1-2H3,(H,31,32,33);/q;;+2/p-2. The summed E-state index contributed by atoms with van der Waals surface area (Å²) in [7, 11) is -9.04. The van der Waals surface area contributed by atoms with Crippen molar-refractivity contribution >= 4 is 79.5 Å². The van der Waals surface area contributed by atoms with Crippen LogP contribution in [0.25, 0.3) is 21.5 Å². The van der Waals surface area contributed by atoms with E-state index in [1.165, 1.54) is 154 Å². The van der Waals surface area contributed by atoms with E-state index in [1.54, 1.807) is 0 Å². The summed E-state index contributed by atoms with van der Waals surface area (Å²) in [6, 6.07) is 19.8. The van der Waals surface area contributed by atoms with E-state index in [-0.39, 0.29) is 47.5 Å². The number of hydrogen-bond acceptors (Lipinski definition) is 6. The third-order valence-corrected chi connectivity index (χ3v) is 16.0. The van der Waals surface area contributed by atoms with Crippen LogP contribution in [0.2, 0.25) is 0 Å². The van der Waals surface area contributed by atoms with Crippen LogP contribution in [0.3, 0.4) is 0 Å². The second kappa shape index (κ2) is 38.1. The van der Waals surface area contributed by atoms with Gasteiger partial charge < -0.3 is 9.11 Å². The first-order chi connectivity index (χ1) is 33.0. The fourth-order valence-electron chi connectivity index (χ4n) is 10.2. The third kappa shape index (κ3) is 25.3. The number of unbranched alkanes of at least 4 members (excludes halogenated alkanes) is 28. The van der Waals surface area contributed by atoms with E-state index in [9.17, 15) is 25.9 Å². The van der Waals surface area contributed by atoms with E-state index in [4.69, 9.17) is 0 Å². The summed E-state index contributed by atoms with van der Waals surface area (Å²) < 4.78 is 74.6. The van der Waals surface area contributed by atoms with Crippen molar-refractivity contribution in [2.75, 3.05) is 0 Å². The Kier molecular flexibility index (Phi) is 35.1. The van der Waals surface area contributed by atoms with Crippen LogP contribution in [-0.4, -0.2) is 63.7 Å². The average Bonchev–Trinajstić information content (AvgIpc) is 3.31. The van der Waals surface area contributed by atoms with E-state index in [0.717, 1.165) is 95.2 Å². The van der Waals surface area contributed by atoms with Gasteiger partial charge in [-0.1, -0.05) is 256 Å². The maximum atomic E-state index is 12.4. The van der Waals surface area contributed by atoms with E-state index in [2.05, 4.69) is 27.7 Å². The zero-order chi connectivity index (χ0) is 49.3. The minimum atomic E-state index is -4.52. The molecule has 384 valence electrons. The van der Waals surface area contributed by atoms with Gasteiger partial charge in [-0.2, -0.15) is 0 Å². The van der Waals surface area contributed by atoms with Crippen molar-refractivity contribution in [3.05, 3.63) is 82.9 Å². The molecule has 0 saturated heterocycles. The molecule has 0 amide bonds. The molecular formula is C60H94CaO6S2. The maximum absolute atomic E-state index is 12.4. The molecule has 0 unspecified atom stereocenters. The topological polar surface area (TPSA) is 114 Å². The summed E-state index contributed by atoms with van der Waals surface area (Å²) in [6.45, 7) is 8.92. The van der Waals surface area contributed by atoms with E-state index in [0.29, 0.717) is 25.7 Å². The van der Waals surface area contributed by atoms with Crippen LogP contribution in [0, 0.1) is 0 Å². The molecule has 6 nitrogen and oxygen atoms in total. The summed E-state index contributed by atoms with van der Waals surface area (Å²) >= 11 is 0. The molecule has 0 aliphatic carbocycles. The van der Waals surface area contributed by atoms with Crippen molar-refractivity contribution < 1.29 is 25.9 Å². The first kappa shape index (κ1) is 63.6. The first-order valence-electron chi connectivity index (χ1n) is 28.0. The largest absolute Gasteiger partial charge is 2.00 e. The van der Waals surface area contributed by atoms with Crippen LogP contribution in [-0.2, 0) is 45.9 Å². The molecule has 0 aromatic heterocycles. The van der Waals surface area contributed by atoms with Crippen molar-refractivity contribution in [2.45, 2.75) is 269 Å². The van der Waals surface area contributed by atoms with Crippen molar-refractivity contribution in [3.63, 3.8) is 0 Å². The molecule has 0 saturated carbocycles. The molecule has 9 heteroatoms. The normalized spacial score (nSPS) is 11.8. The van der Waals surface area contributed by atoms with Crippen molar-refractivity contribution in [1.29, 1.82) is 0 Å². The molecule has 0 radical (unpaired) electrons. The third-order valence-electron chi connectivity index (χ3n) is 14.0. The van der Waals surface area contributed by atoms with Gasteiger partial charge in [0.05, 0.1) is 9.79 Å². The summed E-state index contributed by atoms with van der Waals surface area (Å²) in [6.07, 6.45) is 41.1. The molecule has 0 atom stereocenters. The predicted molar refractivity (Wildman–Crippen MR) is 295 cm³/mol. The Morgan fingerprint density at radius 1 is 0.333 bits per heavy atom. The van der Waals surface area contributed by atoms with Gasteiger partial charge in [0.15, 0.2) is 0 Å². The Bertz CT molecular complexity index is 2030. The summed E-state index contributed by atoms with van der Waals surface area (Å²) in [5.74, 6) is 0. The average molecular weight is 1020 g/mol. The van der Waals surface area contributed by atoms with Gasteiger partial charge in [0.1, 0.15) is 20.2 Å². The minimum absolute atomic E-state index is 0. The maximum Gasteiger partial charge on any atom is 2.00 e. The molecule has 0 spiro atoms. The molecule has 4 rings (SSSR count). The molecule has 0 aliphatic heterocycles. The summed E-state index contributed by atoms with van der Waals surface area (Å²) in [5, 5.41) is 3.97. The molecule has 0 aliphatic rings. The first-order valence-corrected chi connectivity index (χ1v) is 30.8. The van der Waals surface area contributed by atoms with Crippen LogP contribution in [0.15, 0.2) is 70.5 Å². The zero-order valence-electron chi connectivity index (χ0n) is 44.2. The van der Waals surface area contributed by atoms with Gasteiger partial charge in [-0.3, -0.25) is 0 Å². The molecule has 0 heterocycles. The number of benzene rings is 4. The fraction of sp³-hybridized carbons (Fsp3) is 0.667. The van der Waals surface area contributed by atoms with Crippen LogP contribution < -0.4 is 0 Å². The van der Waals surface area contributed by atoms with E-state index < -0.39 is 20.2 Å². The van der Waals surface area contributed by atoms with Gasteiger partial charge in [0.2, 0.25) is 0 Å². The van der Waals surface area contributed by atoms with Crippen molar-refractivity contribution in [1.82, 2.24) is 0 Å². The van der Waals surface area contributed by atoms with Crippen molar-refractivity contribution in [3.8, 4) is 0 Å². The van der Waals surface area contributed by atoms with Crippen molar-refractivity contribution in [2.24, 2.45) is 0 Å². The minimum Gasteiger partial charge on any atom is -0.744 e. The van der Waals surface area contributed by atoms with Gasteiger partial charge in [-0.25, -0.2) is 16.8 Å². The molecule has 4 aromatic carbocycles. The van der Waals surface area contributed by atoms with Gasteiger partial charge >= 0.3 is 37.7 Å². The molecule has 0 bridgehead atoms. The second-order valence-electron chi connectivity index (χ2n) is 19.9. The summed E-state index contributed by atoms with van der Waals surface area (Å²) in [4.78, 5) is 0.161. The number of aryl methyl sites for hydroxylation is 4. The number of rotatable bonds is 38. The van der Waals surface area contributed by atoms with Crippen LogP contribution >= 0.6 is 0 Å². The van der Waals surface area contributed by atoms with Crippen LogP contribution in [0.4, 0.5) is 0 Å². The van der Waals surface area contributed by atoms with Gasteiger partial charge in [0, 0.05) is 0 Å². The van der Waals surface area contributed by atoms with Gasteiger partial charge in [-0.05, 0) is 107 Å². The predicted octanol–water partition coefficient (Wildman–Crippen LogP) is 17.8. The number of fused-ring (bicyclic) bond motifs is 2. The fourth-order valence-corrected chi connectivity index (χ4v) is 12.2. The molecule has 4 aromatic rings. The van der Waals surface area contributed by atoms with Crippen LogP contribution in [0.1, 0.15) is 255 Å². The van der Waals surface area contributed by atoms with Crippen LogP contribution in [0.5, 0.6) is 0 Å². The summed E-state index contributed by atoms with van der Waals surface area (Å²) in [5.41, 5.74) is 2.98. The Balaban J connectivity index is 0.000000467. The number of hydrogen-bond donors (Lipinski definition) is 0. The monoisotopic (exact) mass is 1010 g/mol. The zero-order valence-corrected chi connectivity index (χ0v) is 48.0. The Labute approximate surface area is 453 Å². The molecule has 0 fully saturated rings.